The van der Waals surface area contributed by atoms with Crippen molar-refractivity contribution in [3.63, 3.8) is 0 Å². The Morgan fingerprint density at radius 2 is 2.04 bits per heavy atom. The van der Waals surface area contributed by atoms with Crippen molar-refractivity contribution in [2.75, 3.05) is 13.1 Å². The first-order valence-electron chi connectivity index (χ1n) is 8.62. The standard InChI is InChI=1S/C18H17F4N3O2/c19-12-2-1-3-14(7-12)27-10-13-8-16-17(26)24(4-5-25(16)23-13)9-11-6-15(11)18(20,21)22/h1-3,7-8,11,15H,4-6,9-10H2/t11-,15+/m1/s1. The number of hydrogen-bond donors (Lipinski definition) is 0. The lowest BCUT2D eigenvalue weighted by molar-refractivity contribution is -0.151. The number of halogens is 4. The molecule has 1 aromatic carbocycles. The third-order valence-electron chi connectivity index (χ3n) is 4.90. The second-order valence-corrected chi connectivity index (χ2v) is 6.89. The van der Waals surface area contributed by atoms with Crippen molar-refractivity contribution in [3.8, 4) is 5.75 Å². The molecule has 0 bridgehead atoms. The molecule has 1 aliphatic carbocycles. The Labute approximate surface area is 152 Å². The third-order valence-corrected chi connectivity index (χ3v) is 4.90. The maximum absolute atomic E-state index is 13.2. The number of amides is 1. The van der Waals surface area contributed by atoms with Crippen LogP contribution in [0.1, 0.15) is 22.6 Å². The summed E-state index contributed by atoms with van der Waals surface area (Å²) in [7, 11) is 0. The summed E-state index contributed by atoms with van der Waals surface area (Å²) in [5, 5.41) is 4.29. The predicted octanol–water partition coefficient (Wildman–Crippen LogP) is 3.26. The van der Waals surface area contributed by atoms with Crippen LogP contribution in [0.25, 0.3) is 0 Å². The Morgan fingerprint density at radius 3 is 2.74 bits per heavy atom. The van der Waals surface area contributed by atoms with Crippen LogP contribution in [-0.4, -0.2) is 39.9 Å². The van der Waals surface area contributed by atoms with Gasteiger partial charge < -0.3 is 9.64 Å². The first-order chi connectivity index (χ1) is 12.8. The van der Waals surface area contributed by atoms with Crippen LogP contribution >= 0.6 is 0 Å². The van der Waals surface area contributed by atoms with E-state index in [4.69, 9.17) is 4.74 Å². The van der Waals surface area contributed by atoms with Gasteiger partial charge in [0.1, 0.15) is 29.6 Å². The van der Waals surface area contributed by atoms with Gasteiger partial charge in [0.2, 0.25) is 0 Å². The molecule has 4 rings (SSSR count). The van der Waals surface area contributed by atoms with Crippen molar-refractivity contribution in [2.24, 2.45) is 11.8 Å². The highest BCUT2D eigenvalue weighted by Crippen LogP contribution is 2.50. The number of benzene rings is 1. The number of rotatable bonds is 5. The number of fused-ring (bicyclic) bond motifs is 1. The molecule has 1 saturated carbocycles. The Balaban J connectivity index is 1.39. The Kier molecular flexibility index (Phi) is 4.32. The molecule has 2 atom stereocenters. The molecule has 0 unspecified atom stereocenters. The fraction of sp³-hybridized carbons (Fsp3) is 0.444. The van der Waals surface area contributed by atoms with Crippen LogP contribution in [0.2, 0.25) is 0 Å². The molecular formula is C18H17F4N3O2. The maximum atomic E-state index is 13.2. The van der Waals surface area contributed by atoms with Gasteiger partial charge >= 0.3 is 6.18 Å². The van der Waals surface area contributed by atoms with E-state index in [-0.39, 0.29) is 25.5 Å². The zero-order valence-corrected chi connectivity index (χ0v) is 14.2. The van der Waals surface area contributed by atoms with Crippen molar-refractivity contribution >= 4 is 5.91 Å². The molecule has 1 fully saturated rings. The molecule has 2 aliphatic rings. The van der Waals surface area contributed by atoms with E-state index in [9.17, 15) is 22.4 Å². The van der Waals surface area contributed by atoms with Crippen LogP contribution in [0.3, 0.4) is 0 Å². The minimum atomic E-state index is -4.19. The molecule has 2 heterocycles. The lowest BCUT2D eigenvalue weighted by atomic mass is 10.2. The predicted molar refractivity (Wildman–Crippen MR) is 86.5 cm³/mol. The summed E-state index contributed by atoms with van der Waals surface area (Å²) in [6.45, 7) is 0.933. The lowest BCUT2D eigenvalue weighted by Crippen LogP contribution is -2.41. The SMILES string of the molecule is O=C1c2cc(COc3cccc(F)c3)nn2CCN1C[C@H]1C[C@@H]1C(F)(F)F. The molecule has 9 heteroatoms. The molecule has 144 valence electrons. The average Bonchev–Trinajstić information content (AvgIpc) is 3.26. The number of alkyl halides is 3. The molecule has 1 aliphatic heterocycles. The first-order valence-corrected chi connectivity index (χ1v) is 8.62. The summed E-state index contributed by atoms with van der Waals surface area (Å²) in [5.74, 6) is -2.20. The van der Waals surface area contributed by atoms with Gasteiger partial charge in [-0.2, -0.15) is 18.3 Å². The zero-order chi connectivity index (χ0) is 19.2. The molecule has 27 heavy (non-hydrogen) atoms. The van der Waals surface area contributed by atoms with Gasteiger partial charge in [0.15, 0.2) is 0 Å². The molecular weight excluding hydrogens is 366 g/mol. The Hall–Kier alpha value is -2.58. The second-order valence-electron chi connectivity index (χ2n) is 6.89. The number of hydrogen-bond acceptors (Lipinski definition) is 3. The summed E-state index contributed by atoms with van der Waals surface area (Å²) >= 11 is 0. The van der Waals surface area contributed by atoms with Crippen molar-refractivity contribution in [3.05, 3.63) is 47.5 Å². The van der Waals surface area contributed by atoms with E-state index in [0.717, 1.165) is 0 Å². The highest BCUT2D eigenvalue weighted by Gasteiger charge is 2.56. The van der Waals surface area contributed by atoms with Gasteiger partial charge in [-0.05, 0) is 30.5 Å². The van der Waals surface area contributed by atoms with E-state index in [2.05, 4.69) is 5.10 Å². The summed E-state index contributed by atoms with van der Waals surface area (Å²) < 4.78 is 58.2. The molecule has 1 amide bonds. The molecule has 5 nitrogen and oxygen atoms in total. The van der Waals surface area contributed by atoms with E-state index in [0.29, 0.717) is 30.2 Å². The smallest absolute Gasteiger partial charge is 0.392 e. The van der Waals surface area contributed by atoms with Crippen molar-refractivity contribution < 1.29 is 27.1 Å². The van der Waals surface area contributed by atoms with Crippen molar-refractivity contribution in [2.45, 2.75) is 25.7 Å². The fourth-order valence-electron chi connectivity index (χ4n) is 3.38. The Morgan fingerprint density at radius 1 is 1.22 bits per heavy atom. The Bertz CT molecular complexity index is 865. The lowest BCUT2D eigenvalue weighted by Gasteiger charge is -2.27. The van der Waals surface area contributed by atoms with E-state index in [1.165, 1.54) is 27.8 Å². The highest BCUT2D eigenvalue weighted by atomic mass is 19.4. The molecule has 0 radical (unpaired) electrons. The van der Waals surface area contributed by atoms with E-state index in [1.54, 1.807) is 12.1 Å². The van der Waals surface area contributed by atoms with Gasteiger partial charge in [0.05, 0.1) is 12.5 Å². The van der Waals surface area contributed by atoms with Crippen LogP contribution in [-0.2, 0) is 13.2 Å². The van der Waals surface area contributed by atoms with Gasteiger partial charge in [-0.15, -0.1) is 0 Å². The van der Waals surface area contributed by atoms with Crippen LogP contribution in [0.4, 0.5) is 17.6 Å². The summed E-state index contributed by atoms with van der Waals surface area (Å²) in [6.07, 6.45) is -4.11. The molecule has 0 saturated heterocycles. The van der Waals surface area contributed by atoms with Gasteiger partial charge in [-0.1, -0.05) is 6.07 Å². The van der Waals surface area contributed by atoms with Crippen molar-refractivity contribution in [1.29, 1.82) is 0 Å². The fourth-order valence-corrected chi connectivity index (χ4v) is 3.38. The number of nitrogens with zero attached hydrogens (tertiary/aromatic N) is 3. The zero-order valence-electron chi connectivity index (χ0n) is 14.2. The van der Waals surface area contributed by atoms with Crippen LogP contribution in [0.5, 0.6) is 5.75 Å². The normalized spacial score (nSPS) is 21.9. The number of carbonyl (C=O) groups excluding carboxylic acids is 1. The number of carbonyl (C=O) groups is 1. The van der Waals surface area contributed by atoms with E-state index in [1.807, 2.05) is 0 Å². The number of aromatic nitrogens is 2. The first kappa shape index (κ1) is 17.8. The van der Waals surface area contributed by atoms with E-state index < -0.39 is 23.8 Å². The van der Waals surface area contributed by atoms with Crippen LogP contribution in [0, 0.1) is 17.7 Å². The topological polar surface area (TPSA) is 47.4 Å². The maximum Gasteiger partial charge on any atom is 0.392 e. The molecule has 0 spiro atoms. The monoisotopic (exact) mass is 383 g/mol. The van der Waals surface area contributed by atoms with Gasteiger partial charge in [-0.25, -0.2) is 4.39 Å². The summed E-state index contributed by atoms with van der Waals surface area (Å²) in [5.41, 5.74) is 0.840. The van der Waals surface area contributed by atoms with E-state index >= 15 is 0 Å². The van der Waals surface area contributed by atoms with Gasteiger partial charge in [0.25, 0.3) is 5.91 Å². The summed E-state index contributed by atoms with van der Waals surface area (Å²) in [4.78, 5) is 14.0. The number of ether oxygens (including phenoxy) is 1. The average molecular weight is 383 g/mol. The quantitative estimate of drug-likeness (QED) is 0.745. The second kappa shape index (κ2) is 6.54. The third kappa shape index (κ3) is 3.77. The van der Waals surface area contributed by atoms with Gasteiger partial charge in [-0.3, -0.25) is 9.48 Å². The largest absolute Gasteiger partial charge is 0.487 e. The molecule has 2 aromatic rings. The molecule has 1 aromatic heterocycles. The highest BCUT2D eigenvalue weighted by molar-refractivity contribution is 5.93. The minimum absolute atomic E-state index is 0.0650. The minimum Gasteiger partial charge on any atom is -0.487 e. The van der Waals surface area contributed by atoms with Crippen molar-refractivity contribution in [1.82, 2.24) is 14.7 Å². The molecule has 0 N–H and O–H groups in total. The van der Waals surface area contributed by atoms with Crippen LogP contribution in [0.15, 0.2) is 30.3 Å². The van der Waals surface area contributed by atoms with Crippen LogP contribution < -0.4 is 4.74 Å². The van der Waals surface area contributed by atoms with Gasteiger partial charge in [0, 0.05) is 19.2 Å². The summed E-state index contributed by atoms with van der Waals surface area (Å²) in [6, 6.07) is 7.26.